The Morgan fingerprint density at radius 2 is 2.05 bits per heavy atom. The van der Waals surface area contributed by atoms with Crippen LogP contribution in [0.25, 0.3) is 0 Å². The number of nitrogens with zero attached hydrogens (tertiary/aromatic N) is 2. The van der Waals surface area contributed by atoms with Crippen molar-refractivity contribution in [2.75, 3.05) is 44.4 Å². The molecular weight excluding hydrogens is 246 g/mol. The molecule has 1 fully saturated rings. The van der Waals surface area contributed by atoms with Gasteiger partial charge in [-0.1, -0.05) is 0 Å². The summed E-state index contributed by atoms with van der Waals surface area (Å²) in [5.74, 6) is 1.53. The Morgan fingerprint density at radius 1 is 1.21 bits per heavy atom. The average Bonchev–Trinajstić information content (AvgIpc) is 2.86. The molecule has 2 heterocycles. The van der Waals surface area contributed by atoms with Crippen molar-refractivity contribution in [3.63, 3.8) is 0 Å². The maximum Gasteiger partial charge on any atom is 0.241 e. The Morgan fingerprint density at radius 3 is 2.84 bits per heavy atom. The average molecular weight is 263 g/mol. The van der Waals surface area contributed by atoms with Crippen LogP contribution < -0.4 is 20.1 Å². The van der Waals surface area contributed by atoms with Crippen LogP contribution in [0.15, 0.2) is 18.2 Å². The Hall–Kier alpha value is -1.79. The van der Waals surface area contributed by atoms with E-state index in [4.69, 9.17) is 15.2 Å². The van der Waals surface area contributed by atoms with Crippen LogP contribution in [0.3, 0.4) is 0 Å². The third-order valence-electron chi connectivity index (χ3n) is 3.41. The van der Waals surface area contributed by atoms with Gasteiger partial charge in [0.05, 0.1) is 6.54 Å². The molecule has 0 unspecified atom stereocenters. The zero-order valence-corrected chi connectivity index (χ0v) is 10.7. The first-order valence-corrected chi connectivity index (χ1v) is 6.40. The number of ether oxygens (including phenoxy) is 2. The minimum absolute atomic E-state index is 0.0959. The van der Waals surface area contributed by atoms with Crippen LogP contribution in [0.5, 0.6) is 11.5 Å². The summed E-state index contributed by atoms with van der Waals surface area (Å²) in [6.45, 7) is 3.54. The number of hydrogen-bond acceptors (Lipinski definition) is 5. The molecule has 1 amide bonds. The molecule has 0 spiro atoms. The molecule has 6 heteroatoms. The van der Waals surface area contributed by atoms with E-state index >= 15 is 0 Å². The van der Waals surface area contributed by atoms with Crippen molar-refractivity contribution in [2.45, 2.75) is 0 Å². The van der Waals surface area contributed by atoms with E-state index in [1.807, 2.05) is 18.2 Å². The maximum absolute atomic E-state index is 12.2. The Bertz CT molecular complexity index is 492. The molecule has 2 aliphatic heterocycles. The summed E-state index contributed by atoms with van der Waals surface area (Å²) < 4.78 is 10.6. The number of piperazine rings is 1. The first kappa shape index (κ1) is 12.3. The van der Waals surface area contributed by atoms with E-state index in [0.717, 1.165) is 24.5 Å². The largest absolute Gasteiger partial charge is 0.454 e. The van der Waals surface area contributed by atoms with E-state index in [0.29, 0.717) is 25.4 Å². The molecule has 1 aromatic rings. The highest BCUT2D eigenvalue weighted by atomic mass is 16.7. The van der Waals surface area contributed by atoms with E-state index in [1.54, 1.807) is 4.90 Å². The highest BCUT2D eigenvalue weighted by molar-refractivity contribution is 5.95. The van der Waals surface area contributed by atoms with Gasteiger partial charge < -0.3 is 20.1 Å². The fourth-order valence-electron chi connectivity index (χ4n) is 2.42. The Labute approximate surface area is 111 Å². The highest BCUT2D eigenvalue weighted by Crippen LogP contribution is 2.35. The molecule has 2 aliphatic rings. The van der Waals surface area contributed by atoms with Gasteiger partial charge in [0.2, 0.25) is 12.7 Å². The smallest absolute Gasteiger partial charge is 0.241 e. The summed E-state index contributed by atoms with van der Waals surface area (Å²) in [7, 11) is 0. The van der Waals surface area contributed by atoms with Crippen LogP contribution in [0.2, 0.25) is 0 Å². The molecule has 0 saturated carbocycles. The normalized spacial score (nSPS) is 19.0. The van der Waals surface area contributed by atoms with Crippen LogP contribution in [0.1, 0.15) is 0 Å². The quantitative estimate of drug-likeness (QED) is 0.833. The van der Waals surface area contributed by atoms with Gasteiger partial charge in [-0.3, -0.25) is 9.69 Å². The molecule has 1 aromatic carbocycles. The van der Waals surface area contributed by atoms with Gasteiger partial charge in [-0.05, 0) is 12.1 Å². The first-order valence-electron chi connectivity index (χ1n) is 6.40. The van der Waals surface area contributed by atoms with Gasteiger partial charge in [0.15, 0.2) is 11.5 Å². The fourth-order valence-corrected chi connectivity index (χ4v) is 2.42. The predicted octanol–water partition coefficient (Wildman–Crippen LogP) is 0.0226. The monoisotopic (exact) mass is 263 g/mol. The van der Waals surface area contributed by atoms with Crippen LogP contribution in [0.4, 0.5) is 5.69 Å². The van der Waals surface area contributed by atoms with Gasteiger partial charge in [0, 0.05) is 37.9 Å². The minimum Gasteiger partial charge on any atom is -0.454 e. The molecule has 102 valence electrons. The van der Waals surface area contributed by atoms with E-state index in [2.05, 4.69) is 4.90 Å². The molecule has 0 bridgehead atoms. The lowest BCUT2D eigenvalue weighted by molar-refractivity contribution is -0.121. The highest BCUT2D eigenvalue weighted by Gasteiger charge is 2.26. The van der Waals surface area contributed by atoms with Crippen LogP contribution in [-0.2, 0) is 4.79 Å². The zero-order valence-electron chi connectivity index (χ0n) is 10.7. The number of hydrogen-bond donors (Lipinski definition) is 1. The predicted molar refractivity (Wildman–Crippen MR) is 70.4 cm³/mol. The topological polar surface area (TPSA) is 68.0 Å². The van der Waals surface area contributed by atoms with E-state index in [1.165, 1.54) is 0 Å². The molecule has 6 nitrogen and oxygen atoms in total. The first-order chi connectivity index (χ1) is 9.28. The minimum atomic E-state index is 0.0959. The van der Waals surface area contributed by atoms with Crippen molar-refractivity contribution in [1.82, 2.24) is 4.90 Å². The van der Waals surface area contributed by atoms with Gasteiger partial charge in [0.25, 0.3) is 0 Å². The van der Waals surface area contributed by atoms with Crippen LogP contribution >= 0.6 is 0 Å². The summed E-state index contributed by atoms with van der Waals surface area (Å²) >= 11 is 0. The van der Waals surface area contributed by atoms with Crippen molar-refractivity contribution in [2.24, 2.45) is 5.73 Å². The molecule has 0 radical (unpaired) electrons. The lowest BCUT2D eigenvalue weighted by Gasteiger charge is -2.34. The third kappa shape index (κ3) is 2.36. The summed E-state index contributed by atoms with van der Waals surface area (Å²) in [6, 6.07) is 5.60. The molecule has 0 aliphatic carbocycles. The van der Waals surface area contributed by atoms with Crippen LogP contribution in [0, 0.1) is 0 Å². The van der Waals surface area contributed by atoms with Crippen molar-refractivity contribution in [1.29, 1.82) is 0 Å². The van der Waals surface area contributed by atoms with Gasteiger partial charge in [0.1, 0.15) is 0 Å². The van der Waals surface area contributed by atoms with Gasteiger partial charge in [-0.2, -0.15) is 0 Å². The van der Waals surface area contributed by atoms with Crippen molar-refractivity contribution < 1.29 is 14.3 Å². The third-order valence-corrected chi connectivity index (χ3v) is 3.41. The molecule has 0 aromatic heterocycles. The van der Waals surface area contributed by atoms with E-state index in [-0.39, 0.29) is 12.7 Å². The maximum atomic E-state index is 12.2. The second kappa shape index (κ2) is 5.07. The zero-order chi connectivity index (χ0) is 13.2. The lowest BCUT2D eigenvalue weighted by Crippen LogP contribution is -2.51. The summed E-state index contributed by atoms with van der Waals surface area (Å²) in [5.41, 5.74) is 6.38. The molecule has 3 rings (SSSR count). The lowest BCUT2D eigenvalue weighted by atomic mass is 10.2. The number of amides is 1. The van der Waals surface area contributed by atoms with Gasteiger partial charge in [-0.25, -0.2) is 0 Å². The second-order valence-electron chi connectivity index (χ2n) is 4.65. The van der Waals surface area contributed by atoms with Gasteiger partial charge >= 0.3 is 0 Å². The SMILES string of the molecule is NCCN1CCN(c2ccc3c(c2)OCO3)C(=O)C1. The number of benzene rings is 1. The van der Waals surface area contributed by atoms with Crippen molar-refractivity contribution in [3.05, 3.63) is 18.2 Å². The summed E-state index contributed by atoms with van der Waals surface area (Å²) in [4.78, 5) is 16.0. The molecule has 1 saturated heterocycles. The molecule has 19 heavy (non-hydrogen) atoms. The second-order valence-corrected chi connectivity index (χ2v) is 4.65. The van der Waals surface area contributed by atoms with Crippen molar-refractivity contribution >= 4 is 11.6 Å². The number of carbonyl (C=O) groups excluding carboxylic acids is 1. The summed E-state index contributed by atoms with van der Waals surface area (Å²) in [6.07, 6.45) is 0. The van der Waals surface area contributed by atoms with Gasteiger partial charge in [-0.15, -0.1) is 0 Å². The Balaban J connectivity index is 1.74. The van der Waals surface area contributed by atoms with Crippen LogP contribution in [-0.4, -0.2) is 50.3 Å². The molecular formula is C13H17N3O3. The number of anilines is 1. The number of rotatable bonds is 3. The number of carbonyl (C=O) groups is 1. The fraction of sp³-hybridized carbons (Fsp3) is 0.462. The number of nitrogens with two attached hydrogens (primary N) is 1. The summed E-state index contributed by atoms with van der Waals surface area (Å²) in [5, 5.41) is 0. The Kier molecular flexibility index (Phi) is 3.27. The van der Waals surface area contributed by atoms with E-state index < -0.39 is 0 Å². The van der Waals surface area contributed by atoms with E-state index in [9.17, 15) is 4.79 Å². The van der Waals surface area contributed by atoms with Crippen molar-refractivity contribution in [3.8, 4) is 11.5 Å². The molecule has 2 N–H and O–H groups in total. The number of fused-ring (bicyclic) bond motifs is 1. The standard InChI is InChI=1S/C13H17N3O3/c14-3-4-15-5-6-16(13(17)8-15)10-1-2-11-12(7-10)19-9-18-11/h1-2,7H,3-6,8-9,14H2. The molecule has 0 atom stereocenters.